The normalized spacial score (nSPS) is 25.3. The van der Waals surface area contributed by atoms with Gasteiger partial charge in [-0.3, -0.25) is 0 Å². The molecule has 0 N–H and O–H groups in total. The Balaban J connectivity index is 2.00. The van der Waals surface area contributed by atoms with Crippen LogP contribution < -0.4 is 0 Å². The van der Waals surface area contributed by atoms with Gasteiger partial charge in [0.2, 0.25) is 0 Å². The van der Waals surface area contributed by atoms with E-state index >= 15 is 0 Å². The SMILES string of the molecule is Cc1nc2cc3c(cc2n1C(C)C)C1CCC3CC1. The molecular weight excluding hydrogens is 232 g/mol. The van der Waals surface area contributed by atoms with Crippen LogP contribution in [0.3, 0.4) is 0 Å². The Hall–Kier alpha value is -1.31. The van der Waals surface area contributed by atoms with Crippen LogP contribution in [-0.4, -0.2) is 9.55 Å². The van der Waals surface area contributed by atoms with Gasteiger partial charge in [-0.1, -0.05) is 0 Å². The maximum Gasteiger partial charge on any atom is 0.106 e. The van der Waals surface area contributed by atoms with E-state index in [9.17, 15) is 0 Å². The average Bonchev–Trinajstić information content (AvgIpc) is 2.72. The van der Waals surface area contributed by atoms with Crippen molar-refractivity contribution in [3.8, 4) is 0 Å². The van der Waals surface area contributed by atoms with Crippen LogP contribution in [0.1, 0.15) is 74.4 Å². The van der Waals surface area contributed by atoms with Gasteiger partial charge in [-0.15, -0.1) is 0 Å². The summed E-state index contributed by atoms with van der Waals surface area (Å²) in [5, 5.41) is 0. The number of aryl methyl sites for hydroxylation is 1. The van der Waals surface area contributed by atoms with E-state index in [1.165, 1.54) is 36.7 Å². The van der Waals surface area contributed by atoms with Crippen molar-refractivity contribution >= 4 is 11.0 Å². The summed E-state index contributed by atoms with van der Waals surface area (Å²) >= 11 is 0. The summed E-state index contributed by atoms with van der Waals surface area (Å²) in [5.74, 6) is 2.79. The molecule has 1 saturated carbocycles. The molecule has 2 heteroatoms. The Morgan fingerprint density at radius 1 is 1.05 bits per heavy atom. The smallest absolute Gasteiger partial charge is 0.106 e. The monoisotopic (exact) mass is 254 g/mol. The fourth-order valence-corrected chi connectivity index (χ4v) is 4.37. The van der Waals surface area contributed by atoms with Crippen LogP contribution in [0.15, 0.2) is 12.1 Å². The Labute approximate surface area is 114 Å². The number of benzene rings is 1. The van der Waals surface area contributed by atoms with Gasteiger partial charge in [-0.2, -0.15) is 0 Å². The van der Waals surface area contributed by atoms with Crippen LogP contribution in [0.2, 0.25) is 0 Å². The Bertz CT molecular complexity index is 643. The first-order chi connectivity index (χ1) is 9.15. The number of aromatic nitrogens is 2. The number of hydrogen-bond acceptors (Lipinski definition) is 1. The molecule has 0 radical (unpaired) electrons. The van der Waals surface area contributed by atoms with Crippen molar-refractivity contribution < 1.29 is 0 Å². The van der Waals surface area contributed by atoms with Crippen molar-refractivity contribution in [1.82, 2.24) is 9.55 Å². The number of nitrogens with zero attached hydrogens (tertiary/aromatic N) is 2. The van der Waals surface area contributed by atoms with Gasteiger partial charge in [0.05, 0.1) is 11.0 Å². The lowest BCUT2D eigenvalue weighted by molar-refractivity contribution is 0.359. The minimum absolute atomic E-state index is 0.490. The number of rotatable bonds is 1. The van der Waals surface area contributed by atoms with Crippen molar-refractivity contribution in [2.45, 2.75) is 64.3 Å². The molecule has 2 nitrogen and oxygen atoms in total. The molecule has 5 rings (SSSR count). The molecule has 100 valence electrons. The van der Waals surface area contributed by atoms with Crippen LogP contribution in [-0.2, 0) is 0 Å². The van der Waals surface area contributed by atoms with E-state index in [1.54, 1.807) is 11.1 Å². The van der Waals surface area contributed by atoms with Crippen molar-refractivity contribution in [3.05, 3.63) is 29.1 Å². The fraction of sp³-hybridized carbons (Fsp3) is 0.588. The second-order valence-electron chi connectivity index (χ2n) is 6.64. The Kier molecular flexibility index (Phi) is 2.33. The lowest BCUT2D eigenvalue weighted by atomic mass is 9.67. The molecule has 0 saturated heterocycles. The van der Waals surface area contributed by atoms with E-state index < -0.39 is 0 Å². The molecule has 2 bridgehead atoms. The third-order valence-electron chi connectivity index (χ3n) is 5.19. The molecule has 19 heavy (non-hydrogen) atoms. The summed E-state index contributed by atoms with van der Waals surface area (Å²) in [6.45, 7) is 6.63. The van der Waals surface area contributed by atoms with Gasteiger partial charge in [0, 0.05) is 6.04 Å². The van der Waals surface area contributed by atoms with Gasteiger partial charge in [-0.25, -0.2) is 4.98 Å². The molecule has 0 spiro atoms. The number of imidazole rings is 1. The molecule has 0 unspecified atom stereocenters. The molecule has 1 heterocycles. The molecule has 0 atom stereocenters. The minimum atomic E-state index is 0.490. The number of hydrogen-bond donors (Lipinski definition) is 0. The van der Waals surface area contributed by atoms with Crippen LogP contribution in [0.25, 0.3) is 11.0 Å². The van der Waals surface area contributed by atoms with Gasteiger partial charge in [0.1, 0.15) is 5.82 Å². The van der Waals surface area contributed by atoms with Gasteiger partial charge in [0.15, 0.2) is 0 Å². The van der Waals surface area contributed by atoms with E-state index in [2.05, 4.69) is 37.5 Å². The molecule has 0 amide bonds. The third-order valence-corrected chi connectivity index (χ3v) is 5.19. The van der Waals surface area contributed by atoms with Crippen LogP contribution in [0.4, 0.5) is 0 Å². The molecule has 2 aromatic rings. The van der Waals surface area contributed by atoms with Crippen LogP contribution >= 0.6 is 0 Å². The van der Waals surface area contributed by atoms with Crippen LogP contribution in [0.5, 0.6) is 0 Å². The number of fused-ring (bicyclic) bond motifs is 3. The molecule has 3 aliphatic rings. The lowest BCUT2D eigenvalue weighted by Gasteiger charge is -2.38. The third kappa shape index (κ3) is 1.52. The summed E-state index contributed by atoms with van der Waals surface area (Å²) in [7, 11) is 0. The van der Waals surface area contributed by atoms with Gasteiger partial charge >= 0.3 is 0 Å². The van der Waals surface area contributed by atoms with Crippen molar-refractivity contribution in [1.29, 1.82) is 0 Å². The first-order valence-electron chi connectivity index (χ1n) is 7.67. The molecule has 0 aliphatic heterocycles. The minimum Gasteiger partial charge on any atom is -0.326 e. The van der Waals surface area contributed by atoms with E-state index in [0.717, 1.165) is 17.7 Å². The molecular formula is C17H22N2. The summed E-state index contributed by atoms with van der Waals surface area (Å²) in [6, 6.07) is 5.34. The predicted octanol–water partition coefficient (Wildman–Crippen LogP) is 4.68. The van der Waals surface area contributed by atoms with Crippen LogP contribution in [0, 0.1) is 6.92 Å². The van der Waals surface area contributed by atoms with E-state index in [0.29, 0.717) is 6.04 Å². The quantitative estimate of drug-likeness (QED) is 0.722. The zero-order chi connectivity index (χ0) is 13.1. The van der Waals surface area contributed by atoms with Gasteiger partial charge in [-0.05, 0) is 81.5 Å². The maximum atomic E-state index is 4.79. The fourth-order valence-electron chi connectivity index (χ4n) is 4.37. The average molecular weight is 254 g/mol. The van der Waals surface area contributed by atoms with Gasteiger partial charge in [0.25, 0.3) is 0 Å². The lowest BCUT2D eigenvalue weighted by Crippen LogP contribution is -2.21. The summed E-state index contributed by atoms with van der Waals surface area (Å²) in [5.41, 5.74) is 5.80. The van der Waals surface area contributed by atoms with E-state index in [1.807, 2.05) is 0 Å². The zero-order valence-corrected chi connectivity index (χ0v) is 12.1. The second-order valence-corrected chi connectivity index (χ2v) is 6.64. The highest BCUT2D eigenvalue weighted by Gasteiger charge is 2.33. The van der Waals surface area contributed by atoms with Crippen molar-refractivity contribution in [2.24, 2.45) is 0 Å². The topological polar surface area (TPSA) is 17.8 Å². The highest BCUT2D eigenvalue weighted by atomic mass is 15.1. The Morgan fingerprint density at radius 3 is 2.21 bits per heavy atom. The van der Waals surface area contributed by atoms with Crippen molar-refractivity contribution in [3.63, 3.8) is 0 Å². The highest BCUT2D eigenvalue weighted by Crippen LogP contribution is 2.50. The van der Waals surface area contributed by atoms with E-state index in [4.69, 9.17) is 4.98 Å². The molecule has 3 aliphatic carbocycles. The van der Waals surface area contributed by atoms with E-state index in [-0.39, 0.29) is 0 Å². The molecule has 1 aromatic heterocycles. The first-order valence-corrected chi connectivity index (χ1v) is 7.67. The maximum absolute atomic E-state index is 4.79. The van der Waals surface area contributed by atoms with Crippen molar-refractivity contribution in [2.75, 3.05) is 0 Å². The first kappa shape index (κ1) is 11.5. The molecule has 1 fully saturated rings. The predicted molar refractivity (Wildman–Crippen MR) is 78.8 cm³/mol. The summed E-state index contributed by atoms with van der Waals surface area (Å²) in [4.78, 5) is 4.79. The second kappa shape index (κ2) is 3.84. The zero-order valence-electron chi connectivity index (χ0n) is 12.1. The Morgan fingerprint density at radius 2 is 1.63 bits per heavy atom. The largest absolute Gasteiger partial charge is 0.326 e. The summed E-state index contributed by atoms with van der Waals surface area (Å²) in [6.07, 6.45) is 5.59. The standard InChI is InChI=1S/C17H22N2/c1-10(2)19-11(3)18-16-8-14-12-4-6-13(7-5-12)15(14)9-17(16)19/h8-10,12-13H,4-7H2,1-3H3. The summed E-state index contributed by atoms with van der Waals surface area (Å²) < 4.78 is 2.39. The van der Waals surface area contributed by atoms with Gasteiger partial charge < -0.3 is 4.57 Å². The highest BCUT2D eigenvalue weighted by molar-refractivity contribution is 5.79. The molecule has 1 aromatic carbocycles.